The third kappa shape index (κ3) is 3.12. The van der Waals surface area contributed by atoms with Crippen LogP contribution in [0.1, 0.15) is 37.3 Å². The molecule has 2 aromatic heterocycles. The van der Waals surface area contributed by atoms with Gasteiger partial charge in [0.1, 0.15) is 5.82 Å². The summed E-state index contributed by atoms with van der Waals surface area (Å²) in [5.41, 5.74) is 8.87. The van der Waals surface area contributed by atoms with Crippen LogP contribution in [0.15, 0.2) is 36.5 Å². The van der Waals surface area contributed by atoms with Crippen LogP contribution < -0.4 is 16.4 Å². The molecule has 0 saturated heterocycles. The van der Waals surface area contributed by atoms with Gasteiger partial charge in [-0.25, -0.2) is 0 Å². The number of anilines is 2. The maximum absolute atomic E-state index is 6.30. The van der Waals surface area contributed by atoms with E-state index in [1.54, 1.807) is 4.68 Å². The predicted molar refractivity (Wildman–Crippen MR) is 106 cm³/mol. The van der Waals surface area contributed by atoms with Gasteiger partial charge in [0.05, 0.1) is 11.6 Å². The van der Waals surface area contributed by atoms with Gasteiger partial charge in [-0.2, -0.15) is 15.1 Å². The molecule has 7 nitrogen and oxygen atoms in total. The minimum Gasteiger partial charge on any atom is -0.367 e. The average molecular weight is 363 g/mol. The number of aromatic nitrogens is 4. The van der Waals surface area contributed by atoms with Crippen LogP contribution in [0.25, 0.3) is 11.0 Å². The first kappa shape index (κ1) is 16.5. The Hall–Kier alpha value is -2.67. The lowest BCUT2D eigenvalue weighted by Crippen LogP contribution is -2.37. The number of nitrogens with zero attached hydrogens (tertiary/aromatic N) is 4. The van der Waals surface area contributed by atoms with Crippen LogP contribution in [0.3, 0.4) is 0 Å². The van der Waals surface area contributed by atoms with E-state index in [1.807, 2.05) is 43.6 Å². The smallest absolute Gasteiger partial charge is 0.226 e. The van der Waals surface area contributed by atoms with Gasteiger partial charge in [-0.05, 0) is 36.7 Å². The standard InChI is InChI=1S/C20H25N7/c1-27-18-15(11-23-27)17(24-14-9-20(10-14)7-8-20)25-19(26-18)22-12-16(21)13-5-3-2-4-6-13/h2-6,11,14,16H,7-10,12,21H2,1H3,(H2,22,24,25,26). The molecule has 1 spiro atoms. The molecule has 0 bridgehead atoms. The summed E-state index contributed by atoms with van der Waals surface area (Å²) in [6.07, 6.45) is 7.12. The van der Waals surface area contributed by atoms with Crippen molar-refractivity contribution in [2.45, 2.75) is 37.8 Å². The maximum Gasteiger partial charge on any atom is 0.226 e. The second kappa shape index (κ2) is 6.20. The molecule has 1 unspecified atom stereocenters. The van der Waals surface area contributed by atoms with Crippen LogP contribution in [-0.2, 0) is 7.05 Å². The normalized spacial score (nSPS) is 19.0. The molecule has 0 amide bonds. The number of nitrogens with two attached hydrogens (primary N) is 1. The van der Waals surface area contributed by atoms with E-state index in [0.29, 0.717) is 23.9 Å². The molecule has 2 saturated carbocycles. The second-order valence-electron chi connectivity index (χ2n) is 8.05. The maximum atomic E-state index is 6.30. The zero-order chi connectivity index (χ0) is 18.4. The molecule has 2 heterocycles. The zero-order valence-electron chi connectivity index (χ0n) is 15.5. The van der Waals surface area contributed by atoms with Crippen molar-refractivity contribution in [2.75, 3.05) is 17.2 Å². The summed E-state index contributed by atoms with van der Waals surface area (Å²) >= 11 is 0. The average Bonchev–Trinajstić information content (AvgIpc) is 3.37. The Kier molecular flexibility index (Phi) is 3.79. The van der Waals surface area contributed by atoms with Crippen molar-refractivity contribution in [2.24, 2.45) is 18.2 Å². The molecule has 0 aliphatic heterocycles. The van der Waals surface area contributed by atoms with Crippen molar-refractivity contribution in [3.05, 3.63) is 42.1 Å². The first-order valence-corrected chi connectivity index (χ1v) is 9.63. The molecule has 5 rings (SSSR count). The fourth-order valence-corrected chi connectivity index (χ4v) is 4.10. The highest BCUT2D eigenvalue weighted by molar-refractivity contribution is 5.87. The molecule has 2 aliphatic rings. The van der Waals surface area contributed by atoms with Crippen LogP contribution in [0, 0.1) is 5.41 Å². The number of hydrogen-bond acceptors (Lipinski definition) is 6. The number of hydrogen-bond donors (Lipinski definition) is 3. The quantitative estimate of drug-likeness (QED) is 0.623. The Labute approximate surface area is 158 Å². The van der Waals surface area contributed by atoms with Crippen LogP contribution in [0.5, 0.6) is 0 Å². The summed E-state index contributed by atoms with van der Waals surface area (Å²) in [6, 6.07) is 10.5. The van der Waals surface area contributed by atoms with Gasteiger partial charge < -0.3 is 16.4 Å². The first-order valence-electron chi connectivity index (χ1n) is 9.63. The molecule has 3 aromatic rings. The van der Waals surface area contributed by atoms with Crippen molar-refractivity contribution < 1.29 is 0 Å². The van der Waals surface area contributed by atoms with E-state index in [1.165, 1.54) is 25.7 Å². The van der Waals surface area contributed by atoms with E-state index < -0.39 is 0 Å². The molecule has 2 fully saturated rings. The number of nitrogens with one attached hydrogen (secondary N) is 2. The van der Waals surface area contributed by atoms with Gasteiger partial charge in [0.25, 0.3) is 0 Å². The first-order chi connectivity index (χ1) is 13.1. The van der Waals surface area contributed by atoms with Crippen molar-refractivity contribution in [1.82, 2.24) is 19.7 Å². The monoisotopic (exact) mass is 363 g/mol. The lowest BCUT2D eigenvalue weighted by molar-refractivity contribution is 0.256. The van der Waals surface area contributed by atoms with Crippen molar-refractivity contribution in [3.8, 4) is 0 Å². The van der Waals surface area contributed by atoms with Gasteiger partial charge in [0.15, 0.2) is 5.65 Å². The van der Waals surface area contributed by atoms with Gasteiger partial charge in [-0.1, -0.05) is 30.3 Å². The van der Waals surface area contributed by atoms with Gasteiger partial charge in [0, 0.05) is 25.7 Å². The van der Waals surface area contributed by atoms with Crippen molar-refractivity contribution >= 4 is 22.8 Å². The second-order valence-corrected chi connectivity index (χ2v) is 8.05. The van der Waals surface area contributed by atoms with Crippen LogP contribution in [-0.4, -0.2) is 32.3 Å². The van der Waals surface area contributed by atoms with Gasteiger partial charge in [0.2, 0.25) is 5.95 Å². The largest absolute Gasteiger partial charge is 0.367 e. The van der Waals surface area contributed by atoms with E-state index in [4.69, 9.17) is 10.7 Å². The Balaban J connectivity index is 1.35. The molecule has 0 radical (unpaired) electrons. The fourth-order valence-electron chi connectivity index (χ4n) is 4.10. The number of rotatable bonds is 6. The summed E-state index contributed by atoms with van der Waals surface area (Å²) in [6.45, 7) is 0.569. The van der Waals surface area contributed by atoms with Crippen LogP contribution in [0.2, 0.25) is 0 Å². The number of aryl methyl sites for hydroxylation is 1. The Morgan fingerprint density at radius 2 is 2.00 bits per heavy atom. The topological polar surface area (TPSA) is 93.7 Å². The number of fused-ring (bicyclic) bond motifs is 1. The Morgan fingerprint density at radius 1 is 1.22 bits per heavy atom. The Bertz CT molecular complexity index is 953. The molecule has 140 valence electrons. The minimum absolute atomic E-state index is 0.116. The minimum atomic E-state index is -0.116. The third-order valence-corrected chi connectivity index (χ3v) is 5.96. The van der Waals surface area contributed by atoms with E-state index in [0.717, 1.165) is 22.4 Å². The van der Waals surface area contributed by atoms with Gasteiger partial charge in [-0.15, -0.1) is 0 Å². The molecular formula is C20H25N7. The summed E-state index contributed by atoms with van der Waals surface area (Å²) in [7, 11) is 1.90. The van der Waals surface area contributed by atoms with Crippen LogP contribution in [0.4, 0.5) is 11.8 Å². The molecular weight excluding hydrogens is 338 g/mol. The molecule has 27 heavy (non-hydrogen) atoms. The SMILES string of the molecule is Cn1ncc2c(NC3CC4(CC4)C3)nc(NCC(N)c3ccccc3)nc21. The molecule has 7 heteroatoms. The van der Waals surface area contributed by atoms with Crippen LogP contribution >= 0.6 is 0 Å². The molecule has 1 atom stereocenters. The third-order valence-electron chi connectivity index (χ3n) is 5.96. The van der Waals surface area contributed by atoms with E-state index >= 15 is 0 Å². The predicted octanol–water partition coefficient (Wildman–Crippen LogP) is 2.83. The summed E-state index contributed by atoms with van der Waals surface area (Å²) in [5.74, 6) is 1.45. The summed E-state index contributed by atoms with van der Waals surface area (Å²) in [5, 5.41) is 12.2. The highest BCUT2D eigenvalue weighted by Gasteiger charge is 2.53. The highest BCUT2D eigenvalue weighted by Crippen LogP contribution is 2.61. The van der Waals surface area contributed by atoms with E-state index in [2.05, 4.69) is 20.7 Å². The van der Waals surface area contributed by atoms with Crippen molar-refractivity contribution in [1.29, 1.82) is 0 Å². The Morgan fingerprint density at radius 3 is 2.74 bits per heavy atom. The number of benzene rings is 1. The molecule has 4 N–H and O–H groups in total. The highest BCUT2D eigenvalue weighted by atomic mass is 15.3. The lowest BCUT2D eigenvalue weighted by Gasteiger charge is -2.36. The van der Waals surface area contributed by atoms with Gasteiger partial charge in [-0.3, -0.25) is 4.68 Å². The summed E-state index contributed by atoms with van der Waals surface area (Å²) in [4.78, 5) is 9.36. The van der Waals surface area contributed by atoms with Crippen molar-refractivity contribution in [3.63, 3.8) is 0 Å². The molecule has 1 aromatic carbocycles. The lowest BCUT2D eigenvalue weighted by atomic mass is 9.77. The molecule has 2 aliphatic carbocycles. The van der Waals surface area contributed by atoms with E-state index in [-0.39, 0.29) is 6.04 Å². The summed E-state index contributed by atoms with van der Waals surface area (Å²) < 4.78 is 1.79. The van der Waals surface area contributed by atoms with E-state index in [9.17, 15) is 0 Å². The fraction of sp³-hybridized carbons (Fsp3) is 0.450. The zero-order valence-corrected chi connectivity index (χ0v) is 15.5. The van der Waals surface area contributed by atoms with Gasteiger partial charge >= 0.3 is 0 Å².